The van der Waals surface area contributed by atoms with Gasteiger partial charge in [-0.2, -0.15) is 0 Å². The molecule has 1 saturated heterocycles. The Balaban J connectivity index is 2.20. The van der Waals surface area contributed by atoms with Crippen molar-refractivity contribution in [3.63, 3.8) is 0 Å². The van der Waals surface area contributed by atoms with Gasteiger partial charge in [0.2, 0.25) is 0 Å². The lowest BCUT2D eigenvalue weighted by Crippen LogP contribution is -2.51. The molecule has 17 heavy (non-hydrogen) atoms. The summed E-state index contributed by atoms with van der Waals surface area (Å²) < 4.78 is 3.82. The van der Waals surface area contributed by atoms with Crippen molar-refractivity contribution in [2.24, 2.45) is 5.73 Å². The Morgan fingerprint density at radius 3 is 2.94 bits per heavy atom. The zero-order chi connectivity index (χ0) is 12.4. The Morgan fingerprint density at radius 2 is 2.35 bits per heavy atom. The van der Waals surface area contributed by atoms with Crippen LogP contribution in [-0.2, 0) is 0 Å². The van der Waals surface area contributed by atoms with Crippen molar-refractivity contribution in [3.05, 3.63) is 10.6 Å². The normalized spacial score (nSPS) is 22.5. The predicted molar refractivity (Wildman–Crippen MR) is 67.0 cm³/mol. The molecule has 0 bridgehead atoms. The van der Waals surface area contributed by atoms with Gasteiger partial charge in [-0.25, -0.2) is 0 Å². The maximum atomic E-state index is 12.4. The van der Waals surface area contributed by atoms with Gasteiger partial charge in [-0.1, -0.05) is 4.49 Å². The maximum Gasteiger partial charge on any atom is 0.267 e. The van der Waals surface area contributed by atoms with Gasteiger partial charge in [-0.15, -0.1) is 5.10 Å². The first-order valence-electron chi connectivity index (χ1n) is 5.96. The van der Waals surface area contributed by atoms with Crippen LogP contribution in [0.25, 0.3) is 0 Å². The van der Waals surface area contributed by atoms with Crippen LogP contribution in [-0.4, -0.2) is 39.0 Å². The first-order valence-corrected chi connectivity index (χ1v) is 6.74. The lowest BCUT2D eigenvalue weighted by Gasteiger charge is -2.37. The molecule has 0 saturated carbocycles. The average molecular weight is 254 g/mol. The minimum atomic E-state index is 0.0143. The van der Waals surface area contributed by atoms with Crippen molar-refractivity contribution in [2.75, 3.05) is 6.54 Å². The van der Waals surface area contributed by atoms with Gasteiger partial charge < -0.3 is 10.6 Å². The molecule has 2 unspecified atom stereocenters. The number of hydrogen-bond donors (Lipinski definition) is 1. The van der Waals surface area contributed by atoms with E-state index in [2.05, 4.69) is 9.59 Å². The summed E-state index contributed by atoms with van der Waals surface area (Å²) in [5.74, 6) is 0.0412. The lowest BCUT2D eigenvalue weighted by molar-refractivity contribution is 0.0588. The van der Waals surface area contributed by atoms with Gasteiger partial charge in [0.25, 0.3) is 5.91 Å². The number of amides is 1. The van der Waals surface area contributed by atoms with E-state index < -0.39 is 0 Å². The number of aryl methyl sites for hydroxylation is 1. The molecule has 1 aliphatic rings. The average Bonchev–Trinajstić information content (AvgIpc) is 2.74. The maximum absolute atomic E-state index is 12.4. The van der Waals surface area contributed by atoms with E-state index in [-0.39, 0.29) is 18.0 Å². The number of piperidine rings is 1. The van der Waals surface area contributed by atoms with Gasteiger partial charge in [0, 0.05) is 18.6 Å². The molecule has 0 radical (unpaired) electrons. The SMILES string of the molecule is Cc1nnsc1C(=O)N1CCCCC1C(C)N. The highest BCUT2D eigenvalue weighted by molar-refractivity contribution is 7.07. The molecule has 1 fully saturated rings. The predicted octanol–water partition coefficient (Wildman–Crippen LogP) is 1.19. The minimum Gasteiger partial charge on any atom is -0.333 e. The number of hydrogen-bond acceptors (Lipinski definition) is 5. The molecule has 94 valence electrons. The Morgan fingerprint density at radius 1 is 1.59 bits per heavy atom. The third kappa shape index (κ3) is 2.47. The summed E-state index contributed by atoms with van der Waals surface area (Å²) in [6.45, 7) is 4.58. The Labute approximate surface area is 105 Å². The summed E-state index contributed by atoms with van der Waals surface area (Å²) >= 11 is 1.17. The van der Waals surface area contributed by atoms with E-state index in [4.69, 9.17) is 5.73 Å². The molecular weight excluding hydrogens is 236 g/mol. The number of rotatable bonds is 2. The van der Waals surface area contributed by atoms with Crippen molar-refractivity contribution >= 4 is 17.4 Å². The van der Waals surface area contributed by atoms with E-state index in [0.717, 1.165) is 25.8 Å². The quantitative estimate of drug-likeness (QED) is 0.860. The summed E-state index contributed by atoms with van der Waals surface area (Å²) in [5.41, 5.74) is 6.68. The fourth-order valence-corrected chi connectivity index (χ4v) is 2.93. The second-order valence-corrected chi connectivity index (χ2v) is 5.36. The van der Waals surface area contributed by atoms with Gasteiger partial charge in [0.05, 0.1) is 5.69 Å². The Hall–Kier alpha value is -1.01. The first kappa shape index (κ1) is 12.4. The largest absolute Gasteiger partial charge is 0.333 e. The second-order valence-electron chi connectivity index (χ2n) is 4.61. The van der Waals surface area contributed by atoms with E-state index in [1.165, 1.54) is 11.5 Å². The molecule has 0 spiro atoms. The molecule has 5 nitrogen and oxygen atoms in total. The molecule has 1 aromatic heterocycles. The van der Waals surface area contributed by atoms with Crippen LogP contribution in [0, 0.1) is 6.92 Å². The molecule has 0 aromatic carbocycles. The van der Waals surface area contributed by atoms with E-state index in [1.54, 1.807) is 0 Å². The number of aromatic nitrogens is 2. The van der Waals surface area contributed by atoms with Crippen LogP contribution in [0.1, 0.15) is 41.6 Å². The number of nitrogens with zero attached hydrogens (tertiary/aromatic N) is 3. The first-order chi connectivity index (χ1) is 8.11. The molecule has 2 N–H and O–H groups in total. The van der Waals surface area contributed by atoms with Crippen LogP contribution in [0.15, 0.2) is 0 Å². The van der Waals surface area contributed by atoms with Crippen LogP contribution in [0.3, 0.4) is 0 Å². The van der Waals surface area contributed by atoms with Gasteiger partial charge in [-0.05, 0) is 44.6 Å². The van der Waals surface area contributed by atoms with E-state index >= 15 is 0 Å². The van der Waals surface area contributed by atoms with Crippen LogP contribution < -0.4 is 5.73 Å². The molecule has 1 aromatic rings. The second kappa shape index (κ2) is 5.10. The smallest absolute Gasteiger partial charge is 0.267 e. The van der Waals surface area contributed by atoms with E-state index in [1.807, 2.05) is 18.7 Å². The molecule has 2 heterocycles. The topological polar surface area (TPSA) is 72.1 Å². The van der Waals surface area contributed by atoms with Gasteiger partial charge in [-0.3, -0.25) is 4.79 Å². The Bertz CT molecular complexity index is 404. The summed E-state index contributed by atoms with van der Waals surface area (Å²) in [7, 11) is 0. The van der Waals surface area contributed by atoms with Crippen LogP contribution in [0.5, 0.6) is 0 Å². The number of nitrogens with two attached hydrogens (primary N) is 1. The molecule has 2 rings (SSSR count). The third-order valence-corrected chi connectivity index (χ3v) is 4.08. The summed E-state index contributed by atoms with van der Waals surface area (Å²) in [4.78, 5) is 14.9. The summed E-state index contributed by atoms with van der Waals surface area (Å²) in [6.07, 6.45) is 3.20. The van der Waals surface area contributed by atoms with Crippen molar-refractivity contribution in [3.8, 4) is 0 Å². The fraction of sp³-hybridized carbons (Fsp3) is 0.727. The molecule has 2 atom stereocenters. The van der Waals surface area contributed by atoms with E-state index in [9.17, 15) is 4.79 Å². The zero-order valence-corrected chi connectivity index (χ0v) is 11.0. The number of carbonyl (C=O) groups excluding carboxylic acids is 1. The third-order valence-electron chi connectivity index (χ3n) is 3.26. The van der Waals surface area contributed by atoms with Gasteiger partial charge in [0.1, 0.15) is 4.88 Å². The summed E-state index contributed by atoms with van der Waals surface area (Å²) in [6, 6.07) is 0.165. The minimum absolute atomic E-state index is 0.0143. The van der Waals surface area contributed by atoms with Crippen LogP contribution in [0.4, 0.5) is 0 Å². The zero-order valence-electron chi connectivity index (χ0n) is 10.2. The van der Waals surface area contributed by atoms with Crippen LogP contribution >= 0.6 is 11.5 Å². The highest BCUT2D eigenvalue weighted by Gasteiger charge is 2.31. The van der Waals surface area contributed by atoms with Crippen LogP contribution in [0.2, 0.25) is 0 Å². The molecule has 0 aliphatic carbocycles. The van der Waals surface area contributed by atoms with Crippen molar-refractivity contribution < 1.29 is 4.79 Å². The van der Waals surface area contributed by atoms with Gasteiger partial charge in [0.15, 0.2) is 0 Å². The molecular formula is C11H18N4OS. The lowest BCUT2D eigenvalue weighted by atomic mass is 9.96. The molecule has 1 aliphatic heterocycles. The highest BCUT2D eigenvalue weighted by atomic mass is 32.1. The van der Waals surface area contributed by atoms with Crippen molar-refractivity contribution in [1.82, 2.24) is 14.5 Å². The number of carbonyl (C=O) groups is 1. The Kier molecular flexibility index (Phi) is 3.73. The van der Waals surface area contributed by atoms with Gasteiger partial charge >= 0.3 is 0 Å². The van der Waals surface area contributed by atoms with Crippen molar-refractivity contribution in [1.29, 1.82) is 0 Å². The monoisotopic (exact) mass is 254 g/mol. The number of likely N-dealkylation sites (tertiary alicyclic amines) is 1. The molecule has 1 amide bonds. The molecule has 6 heteroatoms. The van der Waals surface area contributed by atoms with E-state index in [0.29, 0.717) is 10.6 Å². The highest BCUT2D eigenvalue weighted by Crippen LogP contribution is 2.23. The fourth-order valence-electron chi connectivity index (χ4n) is 2.31. The summed E-state index contributed by atoms with van der Waals surface area (Å²) in [5, 5.41) is 3.89. The standard InChI is InChI=1S/C11H18N4OS/c1-7(12)9-5-3-4-6-15(9)11(16)10-8(2)13-14-17-10/h7,9H,3-6,12H2,1-2H3. The van der Waals surface area contributed by atoms with Crippen molar-refractivity contribution in [2.45, 2.75) is 45.2 Å².